The van der Waals surface area contributed by atoms with Gasteiger partial charge in [-0.3, -0.25) is 14.8 Å². The molecule has 0 atom stereocenters. The summed E-state index contributed by atoms with van der Waals surface area (Å²) in [6.07, 6.45) is 2.67. The summed E-state index contributed by atoms with van der Waals surface area (Å²) in [5.74, 6) is -0.908. The van der Waals surface area contributed by atoms with E-state index < -0.39 is 17.2 Å². The lowest BCUT2D eigenvalue weighted by atomic mass is 9.97. The molecule has 1 aliphatic heterocycles. The molecule has 1 N–H and O–H groups in total. The maximum Gasteiger partial charge on any atom is 0.156 e. The van der Waals surface area contributed by atoms with Crippen LogP contribution in [0.2, 0.25) is 0 Å². The van der Waals surface area contributed by atoms with E-state index in [0.717, 1.165) is 11.9 Å². The van der Waals surface area contributed by atoms with Gasteiger partial charge >= 0.3 is 0 Å². The minimum Gasteiger partial charge on any atom is -0.367 e. The topological polar surface area (TPSA) is 81.5 Å². The fourth-order valence-electron chi connectivity index (χ4n) is 3.71. The predicted molar refractivity (Wildman–Crippen MR) is 102 cm³/mol. The molecule has 9 heteroatoms. The van der Waals surface area contributed by atoms with E-state index in [2.05, 4.69) is 20.2 Å². The normalized spacial score (nSPS) is 15.6. The van der Waals surface area contributed by atoms with Crippen LogP contribution in [0.4, 0.5) is 8.78 Å². The van der Waals surface area contributed by atoms with Gasteiger partial charge in [0.2, 0.25) is 0 Å². The molecule has 0 unspecified atom stereocenters. The highest BCUT2D eigenvalue weighted by molar-refractivity contribution is 5.97. The third-order valence-corrected chi connectivity index (χ3v) is 5.11. The summed E-state index contributed by atoms with van der Waals surface area (Å²) in [7, 11) is 0. The molecule has 29 heavy (non-hydrogen) atoms. The van der Waals surface area contributed by atoms with Crippen molar-refractivity contribution >= 4 is 11.0 Å². The quantitative estimate of drug-likeness (QED) is 0.558. The zero-order chi connectivity index (χ0) is 20.3. The Labute approximate surface area is 164 Å². The zero-order valence-electron chi connectivity index (χ0n) is 16.1. The first-order chi connectivity index (χ1) is 13.8. The lowest BCUT2D eigenvalue weighted by Crippen LogP contribution is -2.36. The van der Waals surface area contributed by atoms with E-state index in [1.165, 1.54) is 12.1 Å². The summed E-state index contributed by atoms with van der Waals surface area (Å²) in [4.78, 5) is 8.42. The number of pyridine rings is 2. The summed E-state index contributed by atoms with van der Waals surface area (Å²) in [6.45, 7) is 6.30. The van der Waals surface area contributed by atoms with Crippen molar-refractivity contribution in [2.45, 2.75) is 39.5 Å². The second-order valence-electron chi connectivity index (χ2n) is 7.76. The first kappa shape index (κ1) is 17.9. The molecule has 1 aliphatic rings. The van der Waals surface area contributed by atoms with Crippen LogP contribution in [-0.4, -0.2) is 35.5 Å². The number of ether oxygens (including phenoxy) is 1. The SMILES string of the molecule is Cc1nc2[nH]ncc2c(-c2c(-c3ccc(F)cn3)nn3c2COC(C)(C)C3)c1F. The molecule has 5 heterocycles. The molecule has 0 saturated heterocycles. The Morgan fingerprint density at radius 2 is 2.00 bits per heavy atom. The van der Waals surface area contributed by atoms with Crippen molar-refractivity contribution < 1.29 is 13.5 Å². The molecule has 4 aromatic rings. The lowest BCUT2D eigenvalue weighted by molar-refractivity contribution is -0.0657. The van der Waals surface area contributed by atoms with Gasteiger partial charge in [-0.2, -0.15) is 10.2 Å². The highest BCUT2D eigenvalue weighted by Crippen LogP contribution is 2.41. The minimum absolute atomic E-state index is 0.242. The van der Waals surface area contributed by atoms with Gasteiger partial charge in [-0.1, -0.05) is 0 Å². The van der Waals surface area contributed by atoms with E-state index in [-0.39, 0.29) is 12.3 Å². The molecule has 0 spiro atoms. The number of aromatic nitrogens is 6. The monoisotopic (exact) mass is 396 g/mol. The summed E-state index contributed by atoms with van der Waals surface area (Å²) in [6, 6.07) is 2.85. The van der Waals surface area contributed by atoms with Gasteiger partial charge in [0.25, 0.3) is 0 Å². The molecule has 0 amide bonds. The molecule has 4 aromatic heterocycles. The Morgan fingerprint density at radius 3 is 2.76 bits per heavy atom. The third kappa shape index (κ3) is 2.80. The van der Waals surface area contributed by atoms with Gasteiger partial charge < -0.3 is 4.74 Å². The maximum absolute atomic E-state index is 15.4. The fraction of sp³-hybridized carbons (Fsp3) is 0.300. The largest absolute Gasteiger partial charge is 0.367 e. The van der Waals surface area contributed by atoms with Gasteiger partial charge in [0.15, 0.2) is 11.5 Å². The van der Waals surface area contributed by atoms with Crippen molar-refractivity contribution in [2.75, 3.05) is 0 Å². The molecule has 0 bridgehead atoms. The smallest absolute Gasteiger partial charge is 0.156 e. The summed E-state index contributed by atoms with van der Waals surface area (Å²) >= 11 is 0. The number of hydrogen-bond donors (Lipinski definition) is 1. The molecule has 0 radical (unpaired) electrons. The van der Waals surface area contributed by atoms with Crippen molar-refractivity contribution in [2.24, 2.45) is 0 Å². The number of rotatable bonds is 2. The molecule has 0 aliphatic carbocycles. The number of halogens is 2. The number of hydrogen-bond acceptors (Lipinski definition) is 5. The van der Waals surface area contributed by atoms with E-state index in [1.54, 1.807) is 13.1 Å². The van der Waals surface area contributed by atoms with Crippen molar-refractivity contribution in [3.05, 3.63) is 47.5 Å². The van der Waals surface area contributed by atoms with Gasteiger partial charge in [0.1, 0.15) is 11.5 Å². The molecule has 0 saturated carbocycles. The van der Waals surface area contributed by atoms with Crippen molar-refractivity contribution in [3.63, 3.8) is 0 Å². The van der Waals surface area contributed by atoms with Crippen LogP contribution in [0.3, 0.4) is 0 Å². The molecule has 148 valence electrons. The van der Waals surface area contributed by atoms with Gasteiger partial charge in [-0.05, 0) is 32.9 Å². The van der Waals surface area contributed by atoms with Crippen molar-refractivity contribution in [1.82, 2.24) is 29.9 Å². The summed E-state index contributed by atoms with van der Waals surface area (Å²) in [5, 5.41) is 12.1. The molecule has 5 rings (SSSR count). The molecular weight excluding hydrogens is 378 g/mol. The number of fused-ring (bicyclic) bond motifs is 2. The van der Waals surface area contributed by atoms with Gasteiger partial charge in [-0.25, -0.2) is 13.8 Å². The fourth-order valence-corrected chi connectivity index (χ4v) is 3.71. The van der Waals surface area contributed by atoms with Gasteiger partial charge in [0, 0.05) is 16.5 Å². The molecular formula is C20H18F2N6O. The van der Waals surface area contributed by atoms with Crippen LogP contribution in [0.1, 0.15) is 25.2 Å². The van der Waals surface area contributed by atoms with Crippen LogP contribution >= 0.6 is 0 Å². The lowest BCUT2D eigenvalue weighted by Gasteiger charge is -2.31. The number of H-pyrrole nitrogens is 1. The van der Waals surface area contributed by atoms with E-state index >= 15 is 4.39 Å². The van der Waals surface area contributed by atoms with Crippen LogP contribution < -0.4 is 0 Å². The van der Waals surface area contributed by atoms with E-state index in [1.807, 2.05) is 18.5 Å². The van der Waals surface area contributed by atoms with Crippen molar-refractivity contribution in [3.8, 4) is 22.5 Å². The summed E-state index contributed by atoms with van der Waals surface area (Å²) in [5.41, 5.74) is 2.86. The van der Waals surface area contributed by atoms with Crippen LogP contribution in [0, 0.1) is 18.6 Å². The van der Waals surface area contributed by atoms with Gasteiger partial charge in [0.05, 0.1) is 48.2 Å². The first-order valence-corrected chi connectivity index (χ1v) is 9.19. The highest BCUT2D eigenvalue weighted by atomic mass is 19.1. The number of nitrogens with zero attached hydrogens (tertiary/aromatic N) is 5. The average Bonchev–Trinajstić information content (AvgIpc) is 3.27. The van der Waals surface area contributed by atoms with Gasteiger partial charge in [-0.15, -0.1) is 0 Å². The number of nitrogens with one attached hydrogen (secondary N) is 1. The van der Waals surface area contributed by atoms with Crippen molar-refractivity contribution in [1.29, 1.82) is 0 Å². The average molecular weight is 396 g/mol. The molecule has 0 aromatic carbocycles. The highest BCUT2D eigenvalue weighted by Gasteiger charge is 2.33. The van der Waals surface area contributed by atoms with E-state index in [9.17, 15) is 4.39 Å². The Bertz CT molecular complexity index is 1240. The first-order valence-electron chi connectivity index (χ1n) is 9.19. The molecule has 0 fully saturated rings. The second-order valence-corrected chi connectivity index (χ2v) is 7.76. The molecule has 7 nitrogen and oxygen atoms in total. The Morgan fingerprint density at radius 1 is 1.17 bits per heavy atom. The predicted octanol–water partition coefficient (Wildman–Crippen LogP) is 3.78. The standard InChI is InChI=1S/C20H18F2N6O/c1-10-17(22)15(12-7-24-26-19(12)25-10)16-14-8-29-20(2,3)9-28(14)27-18(16)13-5-4-11(21)6-23-13/h4-7H,8-9H2,1-3H3,(H,24,25,26). The van der Waals surface area contributed by atoms with Crippen LogP contribution in [0.25, 0.3) is 33.5 Å². The Balaban J connectivity index is 1.85. The third-order valence-electron chi connectivity index (χ3n) is 5.11. The van der Waals surface area contributed by atoms with Crippen LogP contribution in [0.15, 0.2) is 24.5 Å². The minimum atomic E-state index is -0.456. The van der Waals surface area contributed by atoms with E-state index in [0.29, 0.717) is 40.1 Å². The van der Waals surface area contributed by atoms with Crippen LogP contribution in [-0.2, 0) is 17.9 Å². The Hall–Kier alpha value is -3.20. The van der Waals surface area contributed by atoms with E-state index in [4.69, 9.17) is 9.84 Å². The zero-order valence-corrected chi connectivity index (χ0v) is 16.1. The second kappa shape index (κ2) is 6.15. The summed E-state index contributed by atoms with van der Waals surface area (Å²) < 4.78 is 36.6. The Kier molecular flexibility index (Phi) is 3.79. The maximum atomic E-state index is 15.4. The van der Waals surface area contributed by atoms with Crippen LogP contribution in [0.5, 0.6) is 0 Å². The number of aromatic amines is 1. The number of aryl methyl sites for hydroxylation is 1.